The molecule has 66 valence electrons. The van der Waals surface area contributed by atoms with Crippen LogP contribution >= 0.6 is 7.60 Å². The van der Waals surface area contributed by atoms with E-state index >= 15 is 0 Å². The van der Waals surface area contributed by atoms with E-state index in [1.165, 1.54) is 0 Å². The lowest BCUT2D eigenvalue weighted by atomic mass is 10.6. The molecule has 1 saturated heterocycles. The lowest BCUT2D eigenvalue weighted by Gasteiger charge is -2.23. The zero-order chi connectivity index (χ0) is 8.48. The Balaban J connectivity index is 2.53. The summed E-state index contributed by atoms with van der Waals surface area (Å²) < 4.78 is 10.7. The first kappa shape index (κ1) is 9.16. The molecule has 0 amide bonds. The van der Waals surface area contributed by atoms with Gasteiger partial charge in [-0.25, -0.2) is 0 Å². The van der Waals surface area contributed by atoms with Gasteiger partial charge in [-0.2, -0.15) is 0 Å². The maximum Gasteiger partial charge on any atom is 0.342 e. The first-order valence-corrected chi connectivity index (χ1v) is 5.20. The molecule has 1 heterocycles. The van der Waals surface area contributed by atoms with E-state index < -0.39 is 13.4 Å². The molecule has 6 heteroatoms. The first-order chi connectivity index (χ1) is 5.02. The minimum Gasteiger partial charge on any atom is -0.323 e. The Kier molecular flexibility index (Phi) is 2.67. The summed E-state index contributed by atoms with van der Waals surface area (Å²) >= 11 is 0. The summed E-state index contributed by atoms with van der Waals surface area (Å²) in [7, 11) is -3.92. The zero-order valence-corrected chi connectivity index (χ0v) is 7.29. The summed E-state index contributed by atoms with van der Waals surface area (Å²) in [6.45, 7) is 3.65. The van der Waals surface area contributed by atoms with E-state index in [0.717, 1.165) is 6.54 Å². The van der Waals surface area contributed by atoms with Gasteiger partial charge in [-0.05, 0) is 6.92 Å². The minimum atomic E-state index is -3.92. The molecule has 3 N–H and O–H groups in total. The van der Waals surface area contributed by atoms with Gasteiger partial charge in [0.25, 0.3) is 0 Å². The molecule has 0 bridgehead atoms. The van der Waals surface area contributed by atoms with E-state index in [1.54, 1.807) is 11.8 Å². The standard InChI is InChI=1S/C5H13N2O3P/c1-5(11(8,9)10)7-3-2-6-4-7/h5-6H,2-4H2,1H3,(H2,8,9,10). The van der Waals surface area contributed by atoms with Crippen LogP contribution in [0.3, 0.4) is 0 Å². The third-order valence-electron chi connectivity index (χ3n) is 1.91. The number of nitrogens with zero attached hydrogens (tertiary/aromatic N) is 1. The topological polar surface area (TPSA) is 72.8 Å². The average molecular weight is 180 g/mol. The van der Waals surface area contributed by atoms with Crippen molar-refractivity contribution in [2.24, 2.45) is 0 Å². The summed E-state index contributed by atoms with van der Waals surface area (Å²) in [4.78, 5) is 19.3. The number of nitrogens with one attached hydrogen (secondary N) is 1. The van der Waals surface area contributed by atoms with Gasteiger partial charge in [-0.3, -0.25) is 9.46 Å². The van der Waals surface area contributed by atoms with Crippen LogP contribution in [0.25, 0.3) is 0 Å². The zero-order valence-electron chi connectivity index (χ0n) is 6.40. The molecule has 0 aromatic rings. The molecule has 1 aliphatic heterocycles. The molecule has 0 radical (unpaired) electrons. The van der Waals surface area contributed by atoms with Crippen LogP contribution < -0.4 is 5.32 Å². The van der Waals surface area contributed by atoms with E-state index in [2.05, 4.69) is 5.32 Å². The lowest BCUT2D eigenvalue weighted by molar-refractivity contribution is 0.260. The van der Waals surface area contributed by atoms with Gasteiger partial charge in [-0.1, -0.05) is 0 Å². The van der Waals surface area contributed by atoms with Crippen LogP contribution in [0.5, 0.6) is 0 Å². The Morgan fingerprint density at radius 2 is 2.27 bits per heavy atom. The lowest BCUT2D eigenvalue weighted by Crippen LogP contribution is -2.31. The summed E-state index contributed by atoms with van der Waals surface area (Å²) in [5.74, 6) is -0.655. The fourth-order valence-electron chi connectivity index (χ4n) is 1.06. The number of rotatable bonds is 2. The first-order valence-electron chi connectivity index (χ1n) is 3.52. The quantitative estimate of drug-likeness (QED) is 0.493. The van der Waals surface area contributed by atoms with Crippen molar-refractivity contribution in [3.05, 3.63) is 0 Å². The van der Waals surface area contributed by atoms with Gasteiger partial charge in [0.05, 0.1) is 0 Å². The van der Waals surface area contributed by atoms with Gasteiger partial charge in [0.1, 0.15) is 5.78 Å². The number of hydrogen-bond acceptors (Lipinski definition) is 3. The van der Waals surface area contributed by atoms with Gasteiger partial charge < -0.3 is 15.1 Å². The van der Waals surface area contributed by atoms with Crippen LogP contribution in [-0.2, 0) is 4.57 Å². The van der Waals surface area contributed by atoms with Gasteiger partial charge >= 0.3 is 7.60 Å². The van der Waals surface area contributed by atoms with Crippen LogP contribution in [0.15, 0.2) is 0 Å². The van der Waals surface area contributed by atoms with Crippen LogP contribution in [0, 0.1) is 0 Å². The van der Waals surface area contributed by atoms with E-state index in [-0.39, 0.29) is 0 Å². The molecule has 1 atom stereocenters. The molecule has 0 aromatic carbocycles. The van der Waals surface area contributed by atoms with Gasteiger partial charge in [0, 0.05) is 19.8 Å². The highest BCUT2D eigenvalue weighted by molar-refractivity contribution is 7.52. The molecule has 1 aliphatic rings. The van der Waals surface area contributed by atoms with Crippen molar-refractivity contribution >= 4 is 7.60 Å². The van der Waals surface area contributed by atoms with Crippen molar-refractivity contribution < 1.29 is 14.4 Å². The fraction of sp³-hybridized carbons (Fsp3) is 1.00. The highest BCUT2D eigenvalue weighted by Gasteiger charge is 2.31. The molecule has 0 spiro atoms. The molecule has 1 rings (SSSR count). The normalized spacial score (nSPS) is 23.9. The molecular formula is C5H13N2O3P. The van der Waals surface area contributed by atoms with Crippen molar-refractivity contribution in [3.63, 3.8) is 0 Å². The Hall–Kier alpha value is 0.0700. The summed E-state index contributed by atoms with van der Waals surface area (Å²) in [6.07, 6.45) is 0. The molecular weight excluding hydrogens is 167 g/mol. The summed E-state index contributed by atoms with van der Waals surface area (Å²) in [5, 5.41) is 3.01. The molecule has 1 unspecified atom stereocenters. The van der Waals surface area contributed by atoms with Crippen LogP contribution in [0.2, 0.25) is 0 Å². The third kappa shape index (κ3) is 2.25. The molecule has 5 nitrogen and oxygen atoms in total. The molecule has 0 aromatic heterocycles. The van der Waals surface area contributed by atoms with E-state index in [4.69, 9.17) is 9.79 Å². The minimum absolute atomic E-state index is 0.576. The third-order valence-corrected chi connectivity index (χ3v) is 3.21. The Bertz CT molecular complexity index is 175. The van der Waals surface area contributed by atoms with Crippen molar-refractivity contribution in [1.29, 1.82) is 0 Å². The highest BCUT2D eigenvalue weighted by Crippen LogP contribution is 2.42. The maximum atomic E-state index is 10.7. The number of hydrogen-bond donors (Lipinski definition) is 3. The Morgan fingerprint density at radius 3 is 2.64 bits per heavy atom. The summed E-state index contributed by atoms with van der Waals surface area (Å²) in [5.41, 5.74) is 0. The van der Waals surface area contributed by atoms with Crippen molar-refractivity contribution in [1.82, 2.24) is 10.2 Å². The predicted octanol–water partition coefficient (Wildman–Crippen LogP) is -0.627. The van der Waals surface area contributed by atoms with Crippen LogP contribution in [0.1, 0.15) is 6.92 Å². The second-order valence-electron chi connectivity index (χ2n) is 2.69. The smallest absolute Gasteiger partial charge is 0.323 e. The van der Waals surface area contributed by atoms with Crippen LogP contribution in [-0.4, -0.2) is 40.2 Å². The largest absolute Gasteiger partial charge is 0.342 e. The molecule has 11 heavy (non-hydrogen) atoms. The highest BCUT2D eigenvalue weighted by atomic mass is 31.2. The van der Waals surface area contributed by atoms with E-state index in [0.29, 0.717) is 13.2 Å². The van der Waals surface area contributed by atoms with Crippen molar-refractivity contribution in [2.45, 2.75) is 12.7 Å². The van der Waals surface area contributed by atoms with E-state index in [9.17, 15) is 4.57 Å². The van der Waals surface area contributed by atoms with Gasteiger partial charge in [-0.15, -0.1) is 0 Å². The monoisotopic (exact) mass is 180 g/mol. The second kappa shape index (κ2) is 3.21. The maximum absolute atomic E-state index is 10.7. The molecule has 0 saturated carbocycles. The Morgan fingerprint density at radius 1 is 1.64 bits per heavy atom. The van der Waals surface area contributed by atoms with Crippen molar-refractivity contribution in [2.75, 3.05) is 19.8 Å². The van der Waals surface area contributed by atoms with Crippen molar-refractivity contribution in [3.8, 4) is 0 Å². The average Bonchev–Trinajstić information content (AvgIpc) is 2.34. The van der Waals surface area contributed by atoms with Gasteiger partial charge in [0.15, 0.2) is 0 Å². The van der Waals surface area contributed by atoms with Crippen LogP contribution in [0.4, 0.5) is 0 Å². The molecule has 0 aliphatic carbocycles. The fourth-order valence-corrected chi connectivity index (χ4v) is 1.68. The molecule has 1 fully saturated rings. The van der Waals surface area contributed by atoms with Gasteiger partial charge in [0.2, 0.25) is 0 Å². The van der Waals surface area contributed by atoms with E-state index in [1.807, 2.05) is 0 Å². The SMILES string of the molecule is CC(N1CCNC1)P(=O)(O)O. The second-order valence-corrected chi connectivity index (χ2v) is 4.62. The summed E-state index contributed by atoms with van der Waals surface area (Å²) in [6, 6.07) is 0. The predicted molar refractivity (Wildman–Crippen MR) is 41.1 cm³/mol. The Labute approximate surface area is 65.6 Å².